The highest BCUT2D eigenvalue weighted by atomic mass is 19.1. The molecule has 0 bridgehead atoms. The number of nitrogens with two attached hydrogens (primary N) is 2. The molecule has 1 amide bonds. The van der Waals surface area contributed by atoms with Crippen molar-refractivity contribution in [1.29, 1.82) is 0 Å². The molecule has 35 heavy (non-hydrogen) atoms. The van der Waals surface area contributed by atoms with Crippen LogP contribution in [-0.4, -0.2) is 40.3 Å². The Morgan fingerprint density at radius 3 is 2.71 bits per heavy atom. The topological polar surface area (TPSA) is 125 Å². The monoisotopic (exact) mass is 485 g/mol. The van der Waals surface area contributed by atoms with Crippen LogP contribution in [0.5, 0.6) is 0 Å². The van der Waals surface area contributed by atoms with Crippen LogP contribution in [0.4, 0.5) is 10.1 Å². The Hall–Kier alpha value is -2.94. The lowest BCUT2D eigenvalue weighted by Gasteiger charge is -2.33. The van der Waals surface area contributed by atoms with Crippen LogP contribution in [0.3, 0.4) is 0 Å². The average molecular weight is 486 g/mol. The Kier molecular flexibility index (Phi) is 7.17. The molecule has 8 nitrogen and oxygen atoms in total. The van der Waals surface area contributed by atoms with Gasteiger partial charge in [0.2, 0.25) is 0 Å². The second-order valence-corrected chi connectivity index (χ2v) is 10.5. The number of amides is 1. The minimum atomic E-state index is -0.860. The lowest BCUT2D eigenvalue weighted by molar-refractivity contribution is -0.149. The summed E-state index contributed by atoms with van der Waals surface area (Å²) in [6, 6.07) is 2.77. The molecule has 0 saturated heterocycles. The molecule has 2 atom stereocenters. The maximum atomic E-state index is 15.4. The van der Waals surface area contributed by atoms with Gasteiger partial charge in [-0.2, -0.15) is 5.10 Å². The van der Waals surface area contributed by atoms with Gasteiger partial charge in [-0.25, -0.2) is 9.07 Å². The maximum Gasteiger partial charge on any atom is 0.320 e. The fourth-order valence-electron chi connectivity index (χ4n) is 5.41. The minimum Gasteiger partial charge on any atom is -0.459 e. The number of halogens is 1. The molecule has 1 aromatic heterocycles. The van der Waals surface area contributed by atoms with E-state index >= 15 is 4.39 Å². The average Bonchev–Trinajstić information content (AvgIpc) is 3.16. The van der Waals surface area contributed by atoms with E-state index in [1.165, 1.54) is 11.6 Å². The number of aromatic nitrogens is 2. The van der Waals surface area contributed by atoms with Gasteiger partial charge < -0.3 is 21.5 Å². The van der Waals surface area contributed by atoms with E-state index in [2.05, 4.69) is 26.1 Å². The van der Waals surface area contributed by atoms with Crippen LogP contribution in [0.15, 0.2) is 12.1 Å². The van der Waals surface area contributed by atoms with Gasteiger partial charge in [-0.15, -0.1) is 0 Å². The van der Waals surface area contributed by atoms with Gasteiger partial charge in [0.1, 0.15) is 11.9 Å². The zero-order valence-electron chi connectivity index (χ0n) is 20.8. The van der Waals surface area contributed by atoms with Crippen molar-refractivity contribution in [2.75, 3.05) is 11.9 Å². The predicted octanol–water partition coefficient (Wildman–Crippen LogP) is 3.41. The van der Waals surface area contributed by atoms with Crippen LogP contribution in [0, 0.1) is 11.2 Å². The standard InChI is InChI=1S/C26H36FN5O3/c1-4-18-16-9-10-26(2,3)13-21(16)32(31-18)15-11-17(27)24(25(29)34)20(12-15)30-19-7-5-6-8-22(19)35-23(33)14-28/h11-12,19,22,30H,4-10,13-14,28H2,1-3H3,(H2,29,34). The van der Waals surface area contributed by atoms with E-state index in [0.29, 0.717) is 18.5 Å². The van der Waals surface area contributed by atoms with E-state index in [1.54, 1.807) is 6.07 Å². The molecule has 5 N–H and O–H groups in total. The number of nitrogens with one attached hydrogen (secondary N) is 1. The molecule has 2 aliphatic rings. The second kappa shape index (κ2) is 9.97. The number of anilines is 1. The SMILES string of the molecule is CCc1nn(-c2cc(F)c(C(N)=O)c(NC3CCCCC3OC(=O)CN)c2)c2c1CCC(C)(C)C2. The first-order valence-corrected chi connectivity index (χ1v) is 12.5. The van der Waals surface area contributed by atoms with Gasteiger partial charge in [-0.1, -0.05) is 27.2 Å². The largest absolute Gasteiger partial charge is 0.459 e. The molecule has 0 radical (unpaired) electrons. The Balaban J connectivity index is 1.76. The second-order valence-electron chi connectivity index (χ2n) is 10.5. The number of hydrogen-bond donors (Lipinski definition) is 3. The smallest absolute Gasteiger partial charge is 0.320 e. The molecular weight excluding hydrogens is 449 g/mol. The summed E-state index contributed by atoms with van der Waals surface area (Å²) >= 11 is 0. The molecule has 1 aromatic carbocycles. The summed E-state index contributed by atoms with van der Waals surface area (Å²) in [5.41, 5.74) is 15.1. The number of carbonyl (C=O) groups is 2. The number of hydrogen-bond acceptors (Lipinski definition) is 6. The van der Waals surface area contributed by atoms with Crippen molar-refractivity contribution >= 4 is 17.6 Å². The molecule has 1 saturated carbocycles. The predicted molar refractivity (Wildman–Crippen MR) is 132 cm³/mol. The number of fused-ring (bicyclic) bond motifs is 1. The quantitative estimate of drug-likeness (QED) is 0.516. The number of aryl methyl sites for hydroxylation is 1. The first-order chi connectivity index (χ1) is 16.6. The number of benzene rings is 1. The maximum absolute atomic E-state index is 15.4. The summed E-state index contributed by atoms with van der Waals surface area (Å²) in [4.78, 5) is 24.1. The van der Waals surface area contributed by atoms with Crippen molar-refractivity contribution in [1.82, 2.24) is 9.78 Å². The van der Waals surface area contributed by atoms with Gasteiger partial charge in [0.05, 0.1) is 35.2 Å². The number of rotatable bonds is 7. The van der Waals surface area contributed by atoms with E-state index in [4.69, 9.17) is 21.3 Å². The minimum absolute atomic E-state index is 0.116. The number of primary amides is 1. The van der Waals surface area contributed by atoms with E-state index < -0.39 is 23.8 Å². The molecule has 190 valence electrons. The molecule has 2 unspecified atom stereocenters. The molecule has 1 heterocycles. The molecule has 0 spiro atoms. The van der Waals surface area contributed by atoms with Crippen LogP contribution in [0.1, 0.15) is 80.2 Å². The van der Waals surface area contributed by atoms with E-state index in [1.807, 2.05) is 4.68 Å². The molecule has 1 fully saturated rings. The van der Waals surface area contributed by atoms with Crippen molar-refractivity contribution in [3.63, 3.8) is 0 Å². The first kappa shape index (κ1) is 25.2. The van der Waals surface area contributed by atoms with Crippen molar-refractivity contribution in [2.24, 2.45) is 16.9 Å². The number of nitrogens with zero attached hydrogens (tertiary/aromatic N) is 2. The normalized spacial score (nSPS) is 21.3. The molecule has 4 rings (SSSR count). The Morgan fingerprint density at radius 2 is 2.03 bits per heavy atom. The Labute approximate surface area is 205 Å². The van der Waals surface area contributed by atoms with Gasteiger partial charge in [0.25, 0.3) is 5.91 Å². The van der Waals surface area contributed by atoms with Crippen LogP contribution >= 0.6 is 0 Å². The van der Waals surface area contributed by atoms with Gasteiger partial charge in [-0.05, 0) is 62.0 Å². The summed E-state index contributed by atoms with van der Waals surface area (Å²) in [6.07, 6.45) is 6.42. The van der Waals surface area contributed by atoms with Gasteiger partial charge >= 0.3 is 5.97 Å². The summed E-state index contributed by atoms with van der Waals surface area (Å²) in [5, 5.41) is 8.12. The number of ether oxygens (including phenoxy) is 1. The van der Waals surface area contributed by atoms with Crippen LogP contribution < -0.4 is 16.8 Å². The zero-order chi connectivity index (χ0) is 25.3. The lowest BCUT2D eigenvalue weighted by Crippen LogP contribution is -2.41. The molecule has 9 heteroatoms. The van der Waals surface area contributed by atoms with Crippen LogP contribution in [0.25, 0.3) is 5.69 Å². The first-order valence-electron chi connectivity index (χ1n) is 12.5. The van der Waals surface area contributed by atoms with Gasteiger partial charge in [0, 0.05) is 11.8 Å². The summed E-state index contributed by atoms with van der Waals surface area (Å²) in [6.45, 7) is 6.33. The van der Waals surface area contributed by atoms with Crippen molar-refractivity contribution in [3.05, 3.63) is 40.5 Å². The van der Waals surface area contributed by atoms with Crippen molar-refractivity contribution < 1.29 is 18.7 Å². The van der Waals surface area contributed by atoms with Gasteiger partial charge in [0.15, 0.2) is 0 Å². The summed E-state index contributed by atoms with van der Waals surface area (Å²) < 4.78 is 22.7. The van der Waals surface area contributed by atoms with Gasteiger partial charge in [-0.3, -0.25) is 9.59 Å². The third-order valence-corrected chi connectivity index (χ3v) is 7.26. The fraction of sp³-hybridized carbons (Fsp3) is 0.577. The summed E-state index contributed by atoms with van der Waals surface area (Å²) in [7, 11) is 0. The summed E-state index contributed by atoms with van der Waals surface area (Å²) in [5.74, 6) is -2.06. The zero-order valence-corrected chi connectivity index (χ0v) is 20.8. The lowest BCUT2D eigenvalue weighted by atomic mass is 9.76. The number of carbonyl (C=O) groups excluding carboxylic acids is 2. The van der Waals surface area contributed by atoms with Crippen LogP contribution in [-0.2, 0) is 28.8 Å². The Morgan fingerprint density at radius 1 is 1.29 bits per heavy atom. The number of esters is 1. The third-order valence-electron chi connectivity index (χ3n) is 7.26. The van der Waals surface area contributed by atoms with E-state index in [0.717, 1.165) is 49.9 Å². The molecular formula is C26H36FN5O3. The highest BCUT2D eigenvalue weighted by Gasteiger charge is 2.33. The molecule has 0 aliphatic heterocycles. The third kappa shape index (κ3) is 5.19. The Bertz CT molecular complexity index is 1130. The highest BCUT2D eigenvalue weighted by molar-refractivity contribution is 5.99. The molecule has 2 aliphatic carbocycles. The van der Waals surface area contributed by atoms with Crippen molar-refractivity contribution in [2.45, 2.75) is 84.3 Å². The van der Waals surface area contributed by atoms with Crippen LogP contribution in [0.2, 0.25) is 0 Å². The van der Waals surface area contributed by atoms with E-state index in [-0.39, 0.29) is 29.3 Å². The van der Waals surface area contributed by atoms with E-state index in [9.17, 15) is 9.59 Å². The molecule has 2 aromatic rings. The fourth-order valence-corrected chi connectivity index (χ4v) is 5.41. The van der Waals surface area contributed by atoms with Crippen molar-refractivity contribution in [3.8, 4) is 5.69 Å². The highest BCUT2D eigenvalue weighted by Crippen LogP contribution is 2.38.